The van der Waals surface area contributed by atoms with Gasteiger partial charge in [-0.05, 0) is 69.2 Å². The van der Waals surface area contributed by atoms with E-state index in [4.69, 9.17) is 0 Å². The topological polar surface area (TPSA) is 54.5 Å². The third-order valence-electron chi connectivity index (χ3n) is 4.02. The lowest BCUT2D eigenvalue weighted by Gasteiger charge is -2.29. The van der Waals surface area contributed by atoms with E-state index in [-0.39, 0.29) is 17.5 Å². The highest BCUT2D eigenvalue weighted by Gasteiger charge is 2.27. The third-order valence-corrected chi connectivity index (χ3v) is 5.42. The molecule has 2 aromatic rings. The summed E-state index contributed by atoms with van der Waals surface area (Å²) >= 11 is 0. The Morgan fingerprint density at radius 3 is 2.08 bits per heavy atom. The Hall–Kier alpha value is -2.28. The number of halogens is 2. The fourth-order valence-corrected chi connectivity index (χ4v) is 3.35. The number of carbonyl (C=O) groups excluding carboxylic acids is 1. The number of benzene rings is 2. The second kappa shape index (κ2) is 7.53. The van der Waals surface area contributed by atoms with Crippen LogP contribution in [0.5, 0.6) is 0 Å². The van der Waals surface area contributed by atoms with Crippen LogP contribution in [0, 0.1) is 13.8 Å². The molecule has 0 saturated heterocycles. The highest BCUT2D eigenvalue weighted by Crippen LogP contribution is 2.26. The molecule has 0 bridgehead atoms. The van der Waals surface area contributed by atoms with Crippen LogP contribution in [-0.4, -0.2) is 26.1 Å². The van der Waals surface area contributed by atoms with Crippen LogP contribution in [-0.2, 0) is 9.84 Å². The lowest BCUT2D eigenvalue weighted by molar-refractivity contribution is 0.0980. The van der Waals surface area contributed by atoms with Crippen LogP contribution < -0.4 is 4.90 Å². The smallest absolute Gasteiger partial charge is 0.306 e. The first-order valence-electron chi connectivity index (χ1n) is 8.08. The summed E-state index contributed by atoms with van der Waals surface area (Å²) in [5.74, 6) is -3.82. The van der Waals surface area contributed by atoms with E-state index in [9.17, 15) is 22.0 Å². The van der Waals surface area contributed by atoms with Gasteiger partial charge in [-0.3, -0.25) is 4.79 Å². The maximum Gasteiger partial charge on any atom is 0.341 e. The van der Waals surface area contributed by atoms with Gasteiger partial charge in [0.25, 0.3) is 5.91 Å². The number of carbonyl (C=O) groups is 1. The Morgan fingerprint density at radius 1 is 1.00 bits per heavy atom. The van der Waals surface area contributed by atoms with Crippen LogP contribution in [0.4, 0.5) is 14.5 Å². The molecule has 0 heterocycles. The molecule has 4 nitrogen and oxygen atoms in total. The molecule has 0 aliphatic rings. The zero-order valence-corrected chi connectivity index (χ0v) is 15.8. The Labute approximate surface area is 152 Å². The average molecular weight is 381 g/mol. The molecule has 7 heteroatoms. The van der Waals surface area contributed by atoms with Gasteiger partial charge in [-0.2, -0.15) is 8.78 Å². The fraction of sp³-hybridized carbons (Fsp3) is 0.316. The summed E-state index contributed by atoms with van der Waals surface area (Å²) in [7, 11) is -4.68. The summed E-state index contributed by atoms with van der Waals surface area (Å²) < 4.78 is 48.3. The lowest BCUT2D eigenvalue weighted by Crippen LogP contribution is -2.37. The van der Waals surface area contributed by atoms with Crippen molar-refractivity contribution in [2.45, 2.75) is 44.4 Å². The Balaban J connectivity index is 2.43. The molecule has 0 N–H and O–H groups in total. The van der Waals surface area contributed by atoms with Crippen molar-refractivity contribution in [2.75, 3.05) is 4.90 Å². The van der Waals surface area contributed by atoms with Crippen molar-refractivity contribution in [1.29, 1.82) is 0 Å². The second-order valence-corrected chi connectivity index (χ2v) is 8.31. The van der Waals surface area contributed by atoms with Crippen molar-refractivity contribution in [2.24, 2.45) is 0 Å². The predicted molar refractivity (Wildman–Crippen MR) is 97.5 cm³/mol. The molecule has 0 fully saturated rings. The van der Waals surface area contributed by atoms with Gasteiger partial charge in [0.2, 0.25) is 9.84 Å². The number of hydrogen-bond acceptors (Lipinski definition) is 3. The number of rotatable bonds is 5. The minimum Gasteiger partial charge on any atom is -0.306 e. The molecule has 0 unspecified atom stereocenters. The molecule has 0 atom stereocenters. The molecule has 1 amide bonds. The normalized spacial score (nSPS) is 11.8. The van der Waals surface area contributed by atoms with Gasteiger partial charge in [-0.15, -0.1) is 0 Å². The number of anilines is 1. The van der Waals surface area contributed by atoms with E-state index in [1.54, 1.807) is 4.90 Å². The first-order valence-corrected chi connectivity index (χ1v) is 9.63. The van der Waals surface area contributed by atoms with Gasteiger partial charge in [0.15, 0.2) is 0 Å². The van der Waals surface area contributed by atoms with Gasteiger partial charge in [-0.25, -0.2) is 8.42 Å². The molecular weight excluding hydrogens is 360 g/mol. The van der Waals surface area contributed by atoms with Crippen LogP contribution in [0.3, 0.4) is 0 Å². The van der Waals surface area contributed by atoms with Gasteiger partial charge in [0.1, 0.15) is 0 Å². The van der Waals surface area contributed by atoms with Crippen LogP contribution >= 0.6 is 0 Å². The summed E-state index contributed by atoms with van der Waals surface area (Å²) in [5.41, 5.74) is 2.92. The average Bonchev–Trinajstić information content (AvgIpc) is 2.57. The van der Waals surface area contributed by atoms with E-state index in [0.29, 0.717) is 0 Å². The predicted octanol–water partition coefficient (Wildman–Crippen LogP) is 4.35. The summed E-state index contributed by atoms with van der Waals surface area (Å²) in [4.78, 5) is 14.1. The van der Waals surface area contributed by atoms with E-state index < -0.39 is 20.5 Å². The van der Waals surface area contributed by atoms with Gasteiger partial charge < -0.3 is 4.90 Å². The number of alkyl halides is 2. The zero-order chi connectivity index (χ0) is 19.6. The SMILES string of the molecule is Cc1ccc(C)c(N(C(=O)c2ccc(S(=O)(=O)C(F)F)cc2)C(C)C)c1. The molecule has 2 rings (SSSR count). The summed E-state index contributed by atoms with van der Waals surface area (Å²) in [6, 6.07) is 10.2. The number of sulfone groups is 1. The zero-order valence-electron chi connectivity index (χ0n) is 15.0. The van der Waals surface area contributed by atoms with E-state index in [2.05, 4.69) is 0 Å². The monoisotopic (exact) mass is 381 g/mol. The van der Waals surface area contributed by atoms with E-state index in [1.807, 2.05) is 45.9 Å². The van der Waals surface area contributed by atoms with Gasteiger partial charge in [0, 0.05) is 17.3 Å². The number of aryl methyl sites for hydroxylation is 2. The molecule has 26 heavy (non-hydrogen) atoms. The van der Waals surface area contributed by atoms with Crippen LogP contribution in [0.2, 0.25) is 0 Å². The van der Waals surface area contributed by atoms with Crippen molar-refractivity contribution < 1.29 is 22.0 Å². The first-order chi connectivity index (χ1) is 12.1. The molecule has 0 radical (unpaired) electrons. The van der Waals surface area contributed by atoms with E-state index >= 15 is 0 Å². The number of hydrogen-bond donors (Lipinski definition) is 0. The summed E-state index contributed by atoms with van der Waals surface area (Å²) in [6.45, 7) is 7.57. The van der Waals surface area contributed by atoms with E-state index in [0.717, 1.165) is 28.9 Å². The third kappa shape index (κ3) is 3.93. The molecular formula is C19H21F2NO3S. The van der Waals surface area contributed by atoms with Crippen molar-refractivity contribution >= 4 is 21.4 Å². The number of nitrogens with zero attached hydrogens (tertiary/aromatic N) is 1. The van der Waals surface area contributed by atoms with Gasteiger partial charge in [-0.1, -0.05) is 12.1 Å². The van der Waals surface area contributed by atoms with Crippen molar-refractivity contribution in [3.05, 3.63) is 59.2 Å². The minimum absolute atomic E-state index is 0.146. The fourth-order valence-electron chi connectivity index (χ4n) is 2.63. The first kappa shape index (κ1) is 20.0. The Morgan fingerprint density at radius 2 is 1.58 bits per heavy atom. The molecule has 0 aliphatic carbocycles. The Kier molecular flexibility index (Phi) is 5.81. The Bertz CT molecular complexity index is 907. The maximum atomic E-state index is 13.0. The highest BCUT2D eigenvalue weighted by atomic mass is 32.2. The van der Waals surface area contributed by atoms with Crippen LogP contribution in [0.25, 0.3) is 0 Å². The van der Waals surface area contributed by atoms with Crippen LogP contribution in [0.1, 0.15) is 35.3 Å². The van der Waals surface area contributed by atoms with Crippen LogP contribution in [0.15, 0.2) is 47.4 Å². The molecule has 0 aromatic heterocycles. The quantitative estimate of drug-likeness (QED) is 0.773. The number of amides is 1. The lowest BCUT2D eigenvalue weighted by atomic mass is 10.1. The molecule has 2 aromatic carbocycles. The molecule has 0 aliphatic heterocycles. The summed E-state index contributed by atoms with van der Waals surface area (Å²) in [6.07, 6.45) is 0. The standard InChI is InChI=1S/C19H21F2NO3S/c1-12(2)22(17-11-13(3)5-6-14(17)4)18(23)15-7-9-16(10-8-15)26(24,25)19(20)21/h5-12,19H,1-4H3. The molecule has 140 valence electrons. The molecule has 0 saturated carbocycles. The second-order valence-electron chi connectivity index (χ2n) is 6.39. The highest BCUT2D eigenvalue weighted by molar-refractivity contribution is 7.91. The van der Waals surface area contributed by atoms with E-state index in [1.165, 1.54) is 12.1 Å². The van der Waals surface area contributed by atoms with Crippen molar-refractivity contribution in [1.82, 2.24) is 0 Å². The van der Waals surface area contributed by atoms with Crippen molar-refractivity contribution in [3.8, 4) is 0 Å². The van der Waals surface area contributed by atoms with Gasteiger partial charge >= 0.3 is 5.76 Å². The van der Waals surface area contributed by atoms with Gasteiger partial charge in [0.05, 0.1) is 4.90 Å². The van der Waals surface area contributed by atoms with Crippen molar-refractivity contribution in [3.63, 3.8) is 0 Å². The maximum absolute atomic E-state index is 13.0. The minimum atomic E-state index is -4.68. The largest absolute Gasteiger partial charge is 0.341 e. The molecule has 0 spiro atoms. The summed E-state index contributed by atoms with van der Waals surface area (Å²) in [5, 5.41) is 0.